The number of carbonyl (C=O) groups is 3. The van der Waals surface area contributed by atoms with Crippen LogP contribution in [-0.4, -0.2) is 35.5 Å². The number of hydrogen-bond acceptors (Lipinski definition) is 3. The molecule has 1 aliphatic carbocycles. The predicted molar refractivity (Wildman–Crippen MR) is 103 cm³/mol. The number of amides is 2. The lowest BCUT2D eigenvalue weighted by atomic mass is 10.00. The minimum absolute atomic E-state index is 0.117. The van der Waals surface area contributed by atoms with Gasteiger partial charge in [0, 0.05) is 5.92 Å². The molecule has 1 fully saturated rings. The van der Waals surface area contributed by atoms with Gasteiger partial charge >= 0.3 is 5.97 Å². The molecule has 3 N–H and O–H groups in total. The van der Waals surface area contributed by atoms with Gasteiger partial charge in [0.15, 0.2) is 0 Å². The number of carboxylic acid groups (broad SMARTS) is 1. The van der Waals surface area contributed by atoms with Gasteiger partial charge in [-0.15, -0.1) is 0 Å². The van der Waals surface area contributed by atoms with Crippen LogP contribution in [0.5, 0.6) is 0 Å². The monoisotopic (exact) mass is 374 g/mol. The van der Waals surface area contributed by atoms with E-state index < -0.39 is 17.9 Å². The Hall–Kier alpha value is -2.37. The van der Waals surface area contributed by atoms with Crippen molar-refractivity contribution in [2.24, 2.45) is 11.8 Å². The van der Waals surface area contributed by atoms with Crippen LogP contribution in [0, 0.1) is 11.8 Å². The maximum absolute atomic E-state index is 12.3. The van der Waals surface area contributed by atoms with Gasteiger partial charge in [0.1, 0.15) is 6.04 Å². The summed E-state index contributed by atoms with van der Waals surface area (Å²) in [6.45, 7) is 7.87. The number of rotatable bonds is 9. The average Bonchev–Trinajstić information content (AvgIpc) is 3.39. The molecule has 3 atom stereocenters. The highest BCUT2D eigenvalue weighted by Gasteiger charge is 2.43. The average molecular weight is 374 g/mol. The largest absolute Gasteiger partial charge is 0.480 e. The third kappa shape index (κ3) is 6.08. The van der Waals surface area contributed by atoms with Crippen LogP contribution in [0.3, 0.4) is 0 Å². The number of hydrogen-bond donors (Lipinski definition) is 3. The predicted octanol–water partition coefficient (Wildman–Crippen LogP) is 2.65. The van der Waals surface area contributed by atoms with Crippen molar-refractivity contribution in [3.63, 3.8) is 0 Å². The van der Waals surface area contributed by atoms with Gasteiger partial charge in [-0.3, -0.25) is 9.59 Å². The van der Waals surface area contributed by atoms with Crippen molar-refractivity contribution in [1.29, 1.82) is 0 Å². The standard InChI is InChI=1S/C21H30N2O4/c1-12(2)9-18(21(26)27)23-19(24)11-22-20(25)17-10-16(17)15-7-5-14(6-8-15)13(3)4/h5-8,12-13,16-18H,9-11H2,1-4H3,(H,22,25)(H,23,24)(H,26,27)/t16?,17?,18-/m0/s1. The zero-order valence-electron chi connectivity index (χ0n) is 16.5. The van der Waals surface area contributed by atoms with Gasteiger partial charge in [-0.2, -0.15) is 0 Å². The summed E-state index contributed by atoms with van der Waals surface area (Å²) >= 11 is 0. The first kappa shape index (κ1) is 20.9. The van der Waals surface area contributed by atoms with Crippen molar-refractivity contribution in [2.75, 3.05) is 6.54 Å². The van der Waals surface area contributed by atoms with E-state index in [-0.39, 0.29) is 30.2 Å². The Morgan fingerprint density at radius 1 is 1.11 bits per heavy atom. The van der Waals surface area contributed by atoms with Crippen LogP contribution in [0.2, 0.25) is 0 Å². The van der Waals surface area contributed by atoms with E-state index in [2.05, 4.69) is 48.7 Å². The Labute approximate surface area is 160 Å². The number of aliphatic carboxylic acids is 1. The lowest BCUT2D eigenvalue weighted by molar-refractivity contribution is -0.142. The van der Waals surface area contributed by atoms with Crippen molar-refractivity contribution in [3.8, 4) is 0 Å². The first-order chi connectivity index (χ1) is 12.7. The molecule has 148 valence electrons. The molecule has 27 heavy (non-hydrogen) atoms. The molecule has 1 aromatic carbocycles. The Bertz CT molecular complexity index is 682. The highest BCUT2D eigenvalue weighted by atomic mass is 16.4. The lowest BCUT2D eigenvalue weighted by Gasteiger charge is -2.16. The normalized spacial score (nSPS) is 19.6. The van der Waals surface area contributed by atoms with Crippen molar-refractivity contribution < 1.29 is 19.5 Å². The van der Waals surface area contributed by atoms with Gasteiger partial charge in [-0.1, -0.05) is 52.0 Å². The van der Waals surface area contributed by atoms with Crippen LogP contribution in [0.25, 0.3) is 0 Å². The van der Waals surface area contributed by atoms with Crippen LogP contribution in [0.15, 0.2) is 24.3 Å². The number of benzene rings is 1. The fourth-order valence-electron chi connectivity index (χ4n) is 3.22. The van der Waals surface area contributed by atoms with E-state index >= 15 is 0 Å². The zero-order valence-corrected chi connectivity index (χ0v) is 16.5. The van der Waals surface area contributed by atoms with Crippen LogP contribution >= 0.6 is 0 Å². The van der Waals surface area contributed by atoms with E-state index in [0.717, 1.165) is 12.0 Å². The maximum atomic E-state index is 12.3. The SMILES string of the molecule is CC(C)C[C@H](NC(=O)CNC(=O)C1CC1c1ccc(C(C)C)cc1)C(=O)O. The summed E-state index contributed by atoms with van der Waals surface area (Å²) in [5, 5.41) is 14.3. The molecule has 6 heteroatoms. The molecule has 0 aliphatic heterocycles. The molecule has 1 aliphatic rings. The lowest BCUT2D eigenvalue weighted by Crippen LogP contribution is -2.46. The van der Waals surface area contributed by atoms with Crippen LogP contribution in [0.1, 0.15) is 63.5 Å². The van der Waals surface area contributed by atoms with E-state index in [1.54, 1.807) is 0 Å². The summed E-state index contributed by atoms with van der Waals surface area (Å²) in [7, 11) is 0. The zero-order chi connectivity index (χ0) is 20.1. The summed E-state index contributed by atoms with van der Waals surface area (Å²) < 4.78 is 0. The molecule has 0 spiro atoms. The topological polar surface area (TPSA) is 95.5 Å². The fraction of sp³-hybridized carbons (Fsp3) is 0.571. The number of carboxylic acids is 1. The smallest absolute Gasteiger partial charge is 0.326 e. The first-order valence-electron chi connectivity index (χ1n) is 9.58. The Balaban J connectivity index is 1.79. The molecule has 0 aromatic heterocycles. The van der Waals surface area contributed by atoms with E-state index in [1.807, 2.05) is 13.8 Å². The minimum atomic E-state index is -1.06. The molecule has 0 bridgehead atoms. The summed E-state index contributed by atoms with van der Waals surface area (Å²) in [6.07, 6.45) is 1.13. The molecule has 0 heterocycles. The quantitative estimate of drug-likeness (QED) is 0.619. The van der Waals surface area contributed by atoms with Crippen LogP contribution in [0.4, 0.5) is 0 Å². The maximum Gasteiger partial charge on any atom is 0.326 e. The fourth-order valence-corrected chi connectivity index (χ4v) is 3.22. The molecule has 6 nitrogen and oxygen atoms in total. The van der Waals surface area contributed by atoms with E-state index in [4.69, 9.17) is 5.11 Å². The summed E-state index contributed by atoms with van der Waals surface area (Å²) in [5.41, 5.74) is 2.42. The van der Waals surface area contributed by atoms with Gasteiger partial charge in [-0.05, 0) is 41.7 Å². The van der Waals surface area contributed by atoms with E-state index in [9.17, 15) is 14.4 Å². The molecule has 2 rings (SSSR count). The molecule has 0 saturated heterocycles. The summed E-state index contributed by atoms with van der Waals surface area (Å²) in [6, 6.07) is 7.41. The summed E-state index contributed by atoms with van der Waals surface area (Å²) in [4.78, 5) is 35.4. The van der Waals surface area contributed by atoms with E-state index in [1.165, 1.54) is 5.56 Å². The van der Waals surface area contributed by atoms with Crippen molar-refractivity contribution >= 4 is 17.8 Å². The minimum Gasteiger partial charge on any atom is -0.480 e. The molecule has 1 saturated carbocycles. The molecule has 0 radical (unpaired) electrons. The third-order valence-corrected chi connectivity index (χ3v) is 4.92. The number of nitrogens with one attached hydrogen (secondary N) is 2. The summed E-state index contributed by atoms with van der Waals surface area (Å²) in [5.74, 6) is -0.990. The molecule has 1 aromatic rings. The molecular formula is C21H30N2O4. The molecule has 2 unspecified atom stereocenters. The van der Waals surface area contributed by atoms with Crippen LogP contribution < -0.4 is 10.6 Å². The molecular weight excluding hydrogens is 344 g/mol. The van der Waals surface area contributed by atoms with Gasteiger partial charge in [0.2, 0.25) is 11.8 Å². The van der Waals surface area contributed by atoms with Gasteiger partial charge in [0.05, 0.1) is 6.54 Å². The van der Waals surface area contributed by atoms with Gasteiger partial charge < -0.3 is 15.7 Å². The Morgan fingerprint density at radius 2 is 1.74 bits per heavy atom. The highest BCUT2D eigenvalue weighted by molar-refractivity contribution is 5.89. The third-order valence-electron chi connectivity index (χ3n) is 4.92. The van der Waals surface area contributed by atoms with E-state index in [0.29, 0.717) is 12.3 Å². The van der Waals surface area contributed by atoms with Crippen molar-refractivity contribution in [3.05, 3.63) is 35.4 Å². The number of carbonyl (C=O) groups excluding carboxylic acids is 2. The first-order valence-corrected chi connectivity index (χ1v) is 9.58. The van der Waals surface area contributed by atoms with Crippen LogP contribution in [-0.2, 0) is 14.4 Å². The Kier molecular flexibility index (Phi) is 6.99. The van der Waals surface area contributed by atoms with Crippen molar-refractivity contribution in [1.82, 2.24) is 10.6 Å². The Morgan fingerprint density at radius 3 is 2.26 bits per heavy atom. The van der Waals surface area contributed by atoms with Gasteiger partial charge in [0.25, 0.3) is 0 Å². The van der Waals surface area contributed by atoms with Crippen molar-refractivity contribution in [2.45, 2.75) is 58.4 Å². The van der Waals surface area contributed by atoms with Gasteiger partial charge in [-0.25, -0.2) is 4.79 Å². The highest BCUT2D eigenvalue weighted by Crippen LogP contribution is 2.47. The second-order valence-electron chi connectivity index (χ2n) is 8.08. The second-order valence-corrected chi connectivity index (χ2v) is 8.08. The molecule has 2 amide bonds. The second kappa shape index (κ2) is 9.02.